The molecule has 0 radical (unpaired) electrons. The molecule has 0 saturated heterocycles. The van der Waals surface area contributed by atoms with Gasteiger partial charge < -0.3 is 0 Å². The van der Waals surface area contributed by atoms with Crippen LogP contribution < -0.4 is 0 Å². The molecule has 5 aliphatic carbocycles. The Bertz CT molecular complexity index is 1500. The third-order valence-electron chi connectivity index (χ3n) is 14.6. The fourth-order valence-corrected chi connectivity index (χ4v) is 29.6. The fourth-order valence-electron chi connectivity index (χ4n) is 10.7. The molecule has 0 bridgehead atoms. The van der Waals surface area contributed by atoms with Gasteiger partial charge >= 0.3 is 237 Å². The van der Waals surface area contributed by atoms with Gasteiger partial charge in [0.1, 0.15) is 0 Å². The van der Waals surface area contributed by atoms with E-state index in [1.807, 2.05) is 8.85 Å². The van der Waals surface area contributed by atoms with Crippen LogP contribution >= 0.6 is 24.8 Å². The Morgan fingerprint density at radius 1 is 0.850 bits per heavy atom. The zero-order valence-corrected chi connectivity index (χ0v) is 32.1. The smallest absolute Gasteiger partial charge is 0.147 e. The van der Waals surface area contributed by atoms with Crippen molar-refractivity contribution in [3.8, 4) is 0 Å². The van der Waals surface area contributed by atoms with Gasteiger partial charge in [0.2, 0.25) is 0 Å². The number of halogens is 2. The van der Waals surface area contributed by atoms with Crippen molar-refractivity contribution in [3.63, 3.8) is 0 Å². The van der Waals surface area contributed by atoms with Crippen LogP contribution in [-0.4, -0.2) is 6.88 Å². The zero-order valence-electron chi connectivity index (χ0n) is 26.6. The standard InChI is InChI=1S/C29H37.C5H5.2CH3.2ClH.H2Si.Zr/c1-18-25-22-17-19-13-9-10-14-20(19)24(22)21-15-11-12-16-23(21)29(25,8)28(6,7)27(4,5)26(18,2)3;1-2-4-5-3-1;;;;;;/h9-11,13-15,23H,12,16-17H2,1-8H3;1-3H,4H2;2*1H3;2*1H;1H2;. The average molecular weight is 675 g/mol. The van der Waals surface area contributed by atoms with Crippen LogP contribution in [0.2, 0.25) is 12.4 Å². The molecule has 40 heavy (non-hydrogen) atoms. The summed E-state index contributed by atoms with van der Waals surface area (Å²) in [5.41, 5.74) is 10.5. The van der Waals surface area contributed by atoms with Crippen molar-refractivity contribution >= 4 is 37.3 Å². The average Bonchev–Trinajstić information content (AvgIpc) is 3.52. The topological polar surface area (TPSA) is 0 Å². The predicted molar refractivity (Wildman–Crippen MR) is 180 cm³/mol. The van der Waals surface area contributed by atoms with Crippen molar-refractivity contribution in [1.82, 2.24) is 0 Å². The van der Waals surface area contributed by atoms with Crippen molar-refractivity contribution in [3.05, 3.63) is 85.8 Å². The van der Waals surface area contributed by atoms with E-state index in [2.05, 4.69) is 126 Å². The monoisotopic (exact) mass is 672 g/mol. The molecule has 1 aromatic rings. The quantitative estimate of drug-likeness (QED) is 0.274. The van der Waals surface area contributed by atoms with Gasteiger partial charge in [0, 0.05) is 0 Å². The summed E-state index contributed by atoms with van der Waals surface area (Å²) in [5, 5.41) is 0. The van der Waals surface area contributed by atoms with Gasteiger partial charge in [-0.3, -0.25) is 0 Å². The molecule has 0 N–H and O–H groups in total. The first-order valence-electron chi connectivity index (χ1n) is 15.1. The van der Waals surface area contributed by atoms with Crippen molar-refractivity contribution in [2.75, 3.05) is 0 Å². The second kappa shape index (κ2) is 9.30. The molecule has 1 fully saturated rings. The van der Waals surface area contributed by atoms with E-state index in [0.717, 1.165) is 12.8 Å². The van der Waals surface area contributed by atoms with Gasteiger partial charge in [0.05, 0.1) is 0 Å². The third-order valence-corrected chi connectivity index (χ3v) is 37.5. The summed E-state index contributed by atoms with van der Waals surface area (Å²) < 4.78 is 7.60. The first kappa shape index (κ1) is 32.5. The van der Waals surface area contributed by atoms with E-state index in [-0.39, 0.29) is 49.6 Å². The van der Waals surface area contributed by atoms with Gasteiger partial charge in [0.15, 0.2) is 0 Å². The molecule has 6 rings (SSSR count). The van der Waals surface area contributed by atoms with Gasteiger partial charge in [-0.1, -0.05) is 0 Å². The van der Waals surface area contributed by atoms with Crippen molar-refractivity contribution in [2.24, 2.45) is 27.6 Å². The second-order valence-electron chi connectivity index (χ2n) is 16.3. The molecule has 5 aliphatic rings. The minimum Gasteiger partial charge on any atom is -0.147 e. The van der Waals surface area contributed by atoms with E-state index in [1.54, 1.807) is 22.3 Å². The third kappa shape index (κ3) is 3.35. The van der Waals surface area contributed by atoms with E-state index in [0.29, 0.717) is 5.92 Å². The molecule has 1 aromatic carbocycles. The van der Waals surface area contributed by atoms with Crippen LogP contribution in [0, 0.1) is 27.6 Å². The molecule has 0 heterocycles. The Hall–Kier alpha value is -0.400. The van der Waals surface area contributed by atoms with E-state index < -0.39 is 17.4 Å². The predicted octanol–water partition coefficient (Wildman–Crippen LogP) is 10.6. The van der Waals surface area contributed by atoms with Crippen LogP contribution in [0.1, 0.15) is 85.8 Å². The summed E-state index contributed by atoms with van der Waals surface area (Å²) in [6.45, 7) is 24.0. The molecule has 3 unspecified atom stereocenters. The minimum absolute atomic E-state index is 0. The minimum atomic E-state index is -3.65. The molecule has 218 valence electrons. The van der Waals surface area contributed by atoms with Crippen LogP contribution in [0.25, 0.3) is 5.57 Å². The Balaban J connectivity index is 0.00000185. The SMILES string of the molecule is CC12C(=C3Cc4ccccc4C3=C3C=CCCC31)[C](C)([Zr]([CH3])([CH3])(=[SiH2])[C]1=CC=CC1)C(C)(C)C(C)(C)C2(C)C.Cl.Cl. The van der Waals surface area contributed by atoms with E-state index in [1.165, 1.54) is 18.4 Å². The number of hydrogen-bond donors (Lipinski definition) is 0. The maximum Gasteiger partial charge on any atom is -0.147 e. The van der Waals surface area contributed by atoms with Crippen LogP contribution in [-0.2, 0) is 23.8 Å². The van der Waals surface area contributed by atoms with Gasteiger partial charge in [-0.15, -0.1) is 24.8 Å². The molecule has 0 aliphatic heterocycles. The number of hydrogen-bond acceptors (Lipinski definition) is 0. The summed E-state index contributed by atoms with van der Waals surface area (Å²) >= 11 is -3.65. The summed E-state index contributed by atoms with van der Waals surface area (Å²) in [7, 11) is 0. The Morgan fingerprint density at radius 3 is 2.12 bits per heavy atom. The molecule has 3 atom stereocenters. The van der Waals surface area contributed by atoms with Crippen LogP contribution in [0.5, 0.6) is 0 Å². The van der Waals surface area contributed by atoms with Gasteiger partial charge in [0.25, 0.3) is 0 Å². The fraction of sp³-hybridized carbons (Fsp3) is 0.556. The van der Waals surface area contributed by atoms with Crippen molar-refractivity contribution < 1.29 is 17.4 Å². The molecule has 4 heteroatoms. The number of allylic oxidation sites excluding steroid dienone is 10. The summed E-state index contributed by atoms with van der Waals surface area (Å²) in [4.78, 5) is 0. The molecular weight excluding hydrogens is 623 g/mol. The number of rotatable bonds is 2. The summed E-state index contributed by atoms with van der Waals surface area (Å²) in [5.74, 6) is 0.571. The van der Waals surface area contributed by atoms with Crippen molar-refractivity contribution in [1.29, 1.82) is 0 Å². The van der Waals surface area contributed by atoms with E-state index in [9.17, 15) is 0 Å². The van der Waals surface area contributed by atoms with Gasteiger partial charge in [-0.25, -0.2) is 0 Å². The second-order valence-corrected chi connectivity index (χ2v) is 46.1. The van der Waals surface area contributed by atoms with E-state index in [4.69, 9.17) is 0 Å². The molecule has 1 saturated carbocycles. The van der Waals surface area contributed by atoms with E-state index >= 15 is 0 Å². The van der Waals surface area contributed by atoms with Crippen LogP contribution in [0.15, 0.2) is 74.6 Å². The van der Waals surface area contributed by atoms with Crippen molar-refractivity contribution in [2.45, 2.75) is 93.5 Å². The maximum absolute atomic E-state index is 3.65. The molecular formula is C36H52Cl2SiZr. The molecule has 0 spiro atoms. The summed E-state index contributed by atoms with van der Waals surface area (Å²) in [6.07, 6.45) is 17.1. The zero-order chi connectivity index (χ0) is 27.8. The van der Waals surface area contributed by atoms with Gasteiger partial charge in [-0.05, 0) is 0 Å². The Morgan fingerprint density at radius 2 is 1.50 bits per heavy atom. The maximum atomic E-state index is 2.82. The number of fused-ring (bicyclic) bond motifs is 6. The first-order valence-corrected chi connectivity index (χ1v) is 28.4. The number of benzene rings is 1. The first-order chi connectivity index (χ1) is 17.5. The Labute approximate surface area is 259 Å². The van der Waals surface area contributed by atoms with Gasteiger partial charge in [-0.2, -0.15) is 0 Å². The largest absolute Gasteiger partial charge is 0.147 e. The normalized spacial score (nSPS) is 32.8. The van der Waals surface area contributed by atoms with Crippen LogP contribution in [0.4, 0.5) is 0 Å². The summed E-state index contributed by atoms with van der Waals surface area (Å²) in [6, 6.07) is 9.37. The molecule has 0 amide bonds. The molecule has 0 nitrogen and oxygen atoms in total. The molecule has 0 aromatic heterocycles. The van der Waals surface area contributed by atoms with Crippen LogP contribution in [0.3, 0.4) is 0 Å². The Kier molecular flexibility index (Phi) is 7.56.